The molecule has 19 heavy (non-hydrogen) atoms. The number of rotatable bonds is 5. The largest absolute Gasteiger partial charge is 0.393 e. The van der Waals surface area contributed by atoms with Crippen LogP contribution < -0.4 is 0 Å². The molecular formula is C15H20ClNO2. The van der Waals surface area contributed by atoms with Gasteiger partial charge in [0.2, 0.25) is 0 Å². The molecule has 4 heteroatoms. The Morgan fingerprint density at radius 3 is 2.53 bits per heavy atom. The number of ketones is 1. The zero-order valence-electron chi connectivity index (χ0n) is 11.3. The van der Waals surface area contributed by atoms with Gasteiger partial charge < -0.3 is 5.11 Å². The van der Waals surface area contributed by atoms with Gasteiger partial charge in [-0.25, -0.2) is 0 Å². The zero-order chi connectivity index (χ0) is 14.0. The first kappa shape index (κ1) is 14.5. The van der Waals surface area contributed by atoms with E-state index in [2.05, 4.69) is 4.90 Å². The third kappa shape index (κ3) is 3.56. The molecule has 1 aliphatic rings. The first-order valence-corrected chi connectivity index (χ1v) is 7.03. The number of likely N-dealkylation sites (N-methyl/N-ethyl adjacent to an activating group) is 1. The van der Waals surface area contributed by atoms with E-state index in [4.69, 9.17) is 11.6 Å². The highest BCUT2D eigenvalue weighted by atomic mass is 35.5. The Kier molecular flexibility index (Phi) is 4.61. The molecule has 0 aromatic heterocycles. The molecule has 1 atom stereocenters. The van der Waals surface area contributed by atoms with E-state index in [-0.39, 0.29) is 17.9 Å². The standard InChI is InChI=1S/C15H20ClNO2/c1-10(17(2)9-11-7-14(18)8-11)15(19)12-3-5-13(16)6-4-12/h3-6,10-11,14,18H,7-9H2,1-2H3. The van der Waals surface area contributed by atoms with Gasteiger partial charge in [-0.2, -0.15) is 0 Å². The molecule has 0 bridgehead atoms. The second-order valence-corrected chi connectivity index (χ2v) is 5.91. The Labute approximate surface area is 119 Å². The van der Waals surface area contributed by atoms with Gasteiger partial charge in [-0.15, -0.1) is 0 Å². The number of benzene rings is 1. The van der Waals surface area contributed by atoms with Crippen molar-refractivity contribution in [2.45, 2.75) is 31.9 Å². The molecule has 0 aliphatic heterocycles. The highest BCUT2D eigenvalue weighted by molar-refractivity contribution is 6.30. The topological polar surface area (TPSA) is 40.5 Å². The third-order valence-electron chi connectivity index (χ3n) is 3.93. The van der Waals surface area contributed by atoms with Crippen molar-refractivity contribution in [1.29, 1.82) is 0 Å². The van der Waals surface area contributed by atoms with Crippen molar-refractivity contribution < 1.29 is 9.90 Å². The van der Waals surface area contributed by atoms with Gasteiger partial charge in [0, 0.05) is 17.1 Å². The molecule has 2 rings (SSSR count). The van der Waals surface area contributed by atoms with Gasteiger partial charge in [0.15, 0.2) is 5.78 Å². The van der Waals surface area contributed by atoms with Crippen LogP contribution in [0.15, 0.2) is 24.3 Å². The summed E-state index contributed by atoms with van der Waals surface area (Å²) in [7, 11) is 1.96. The van der Waals surface area contributed by atoms with Crippen LogP contribution >= 0.6 is 11.6 Å². The molecule has 0 spiro atoms. The molecular weight excluding hydrogens is 262 g/mol. The summed E-state index contributed by atoms with van der Waals surface area (Å²) in [5.41, 5.74) is 0.692. The molecule has 1 fully saturated rings. The number of aliphatic hydroxyl groups is 1. The molecule has 0 amide bonds. The summed E-state index contributed by atoms with van der Waals surface area (Å²) in [4.78, 5) is 14.4. The van der Waals surface area contributed by atoms with Crippen molar-refractivity contribution in [3.63, 3.8) is 0 Å². The fraction of sp³-hybridized carbons (Fsp3) is 0.533. The van der Waals surface area contributed by atoms with Crippen LogP contribution in [-0.2, 0) is 0 Å². The van der Waals surface area contributed by atoms with Crippen LogP contribution in [0.5, 0.6) is 0 Å². The molecule has 1 aromatic rings. The van der Waals surface area contributed by atoms with Crippen molar-refractivity contribution in [2.24, 2.45) is 5.92 Å². The lowest BCUT2D eigenvalue weighted by Crippen LogP contribution is -2.43. The smallest absolute Gasteiger partial charge is 0.179 e. The second kappa shape index (κ2) is 6.04. The van der Waals surface area contributed by atoms with Gasteiger partial charge in [-0.1, -0.05) is 11.6 Å². The first-order chi connectivity index (χ1) is 8.97. The van der Waals surface area contributed by atoms with E-state index in [0.29, 0.717) is 16.5 Å². The van der Waals surface area contributed by atoms with Gasteiger partial charge in [-0.05, 0) is 57.0 Å². The summed E-state index contributed by atoms with van der Waals surface area (Å²) >= 11 is 5.82. The number of carbonyl (C=O) groups excluding carboxylic acids is 1. The maximum Gasteiger partial charge on any atom is 0.179 e. The maximum absolute atomic E-state index is 12.3. The van der Waals surface area contributed by atoms with Crippen molar-refractivity contribution in [1.82, 2.24) is 4.90 Å². The molecule has 1 saturated carbocycles. The van der Waals surface area contributed by atoms with Crippen LogP contribution in [0, 0.1) is 5.92 Å². The summed E-state index contributed by atoms with van der Waals surface area (Å²) in [5.74, 6) is 0.625. The van der Waals surface area contributed by atoms with Crippen molar-refractivity contribution in [3.8, 4) is 0 Å². The van der Waals surface area contributed by atoms with E-state index in [1.54, 1.807) is 24.3 Å². The first-order valence-electron chi connectivity index (χ1n) is 6.65. The van der Waals surface area contributed by atoms with Crippen LogP contribution in [-0.4, -0.2) is 41.5 Å². The molecule has 0 saturated heterocycles. The van der Waals surface area contributed by atoms with Gasteiger partial charge in [0.1, 0.15) is 0 Å². The number of aliphatic hydroxyl groups excluding tert-OH is 1. The highest BCUT2D eigenvalue weighted by Gasteiger charge is 2.30. The minimum atomic E-state index is -0.154. The Balaban J connectivity index is 1.92. The second-order valence-electron chi connectivity index (χ2n) is 5.48. The van der Waals surface area contributed by atoms with E-state index in [1.807, 2.05) is 14.0 Å². The highest BCUT2D eigenvalue weighted by Crippen LogP contribution is 2.28. The van der Waals surface area contributed by atoms with Crippen LogP contribution in [0.4, 0.5) is 0 Å². The minimum absolute atomic E-state index is 0.110. The molecule has 1 unspecified atom stereocenters. The van der Waals surface area contributed by atoms with E-state index < -0.39 is 0 Å². The van der Waals surface area contributed by atoms with E-state index >= 15 is 0 Å². The Bertz CT molecular complexity index is 440. The fourth-order valence-corrected chi connectivity index (χ4v) is 2.60. The fourth-order valence-electron chi connectivity index (χ4n) is 2.47. The van der Waals surface area contributed by atoms with Gasteiger partial charge in [0.25, 0.3) is 0 Å². The monoisotopic (exact) mass is 281 g/mol. The van der Waals surface area contributed by atoms with Crippen molar-refractivity contribution >= 4 is 17.4 Å². The SMILES string of the molecule is CC(C(=O)c1ccc(Cl)cc1)N(C)CC1CC(O)C1. The third-order valence-corrected chi connectivity index (χ3v) is 4.18. The lowest BCUT2D eigenvalue weighted by atomic mass is 9.82. The van der Waals surface area contributed by atoms with E-state index in [0.717, 1.165) is 19.4 Å². The molecule has 0 radical (unpaired) electrons. The Morgan fingerprint density at radius 2 is 2.00 bits per heavy atom. The van der Waals surface area contributed by atoms with Crippen LogP contribution in [0.2, 0.25) is 5.02 Å². The number of Topliss-reactive ketones (excluding diaryl/α,β-unsaturated/α-hetero) is 1. The van der Waals surface area contributed by atoms with Crippen LogP contribution in [0.25, 0.3) is 0 Å². The normalized spacial score (nSPS) is 24.1. The number of nitrogens with zero attached hydrogens (tertiary/aromatic N) is 1. The van der Waals surface area contributed by atoms with Crippen molar-refractivity contribution in [2.75, 3.05) is 13.6 Å². The van der Waals surface area contributed by atoms with Crippen LogP contribution in [0.3, 0.4) is 0 Å². The number of carbonyl (C=O) groups is 1. The summed E-state index contributed by atoms with van der Waals surface area (Å²) in [5, 5.41) is 9.92. The summed E-state index contributed by atoms with van der Waals surface area (Å²) in [6.45, 7) is 2.78. The minimum Gasteiger partial charge on any atom is -0.393 e. The Morgan fingerprint density at radius 1 is 1.42 bits per heavy atom. The zero-order valence-corrected chi connectivity index (χ0v) is 12.1. The number of hydrogen-bond donors (Lipinski definition) is 1. The lowest BCUT2D eigenvalue weighted by molar-refractivity contribution is 0.0234. The summed E-state index contributed by atoms with van der Waals surface area (Å²) in [6.07, 6.45) is 1.57. The molecule has 1 N–H and O–H groups in total. The van der Waals surface area contributed by atoms with Gasteiger partial charge in [-0.3, -0.25) is 9.69 Å². The van der Waals surface area contributed by atoms with E-state index in [1.165, 1.54) is 0 Å². The summed E-state index contributed by atoms with van der Waals surface area (Å²) < 4.78 is 0. The Hall–Kier alpha value is -0.900. The molecule has 1 aliphatic carbocycles. The average molecular weight is 282 g/mol. The lowest BCUT2D eigenvalue weighted by Gasteiger charge is -2.36. The van der Waals surface area contributed by atoms with E-state index in [9.17, 15) is 9.90 Å². The summed E-state index contributed by atoms with van der Waals surface area (Å²) in [6, 6.07) is 6.86. The van der Waals surface area contributed by atoms with Crippen LogP contribution in [0.1, 0.15) is 30.1 Å². The number of hydrogen-bond acceptors (Lipinski definition) is 3. The molecule has 1 aromatic carbocycles. The van der Waals surface area contributed by atoms with Gasteiger partial charge >= 0.3 is 0 Å². The van der Waals surface area contributed by atoms with Gasteiger partial charge in [0.05, 0.1) is 12.1 Å². The quantitative estimate of drug-likeness (QED) is 0.844. The predicted molar refractivity (Wildman–Crippen MR) is 76.6 cm³/mol. The number of halogens is 1. The predicted octanol–water partition coefficient (Wildman–Crippen LogP) is 2.61. The molecule has 0 heterocycles. The molecule has 3 nitrogen and oxygen atoms in total. The van der Waals surface area contributed by atoms with Crippen molar-refractivity contribution in [3.05, 3.63) is 34.9 Å². The molecule has 104 valence electrons. The maximum atomic E-state index is 12.3. The average Bonchev–Trinajstić information content (AvgIpc) is 2.36.